The monoisotopic (exact) mass is 225 g/mol. The van der Waals surface area contributed by atoms with Crippen molar-refractivity contribution in [3.63, 3.8) is 0 Å². The van der Waals surface area contributed by atoms with Gasteiger partial charge in [0.1, 0.15) is 0 Å². The van der Waals surface area contributed by atoms with E-state index >= 15 is 0 Å². The molecule has 0 aliphatic heterocycles. The lowest BCUT2D eigenvalue weighted by atomic mass is 10.0. The summed E-state index contributed by atoms with van der Waals surface area (Å²) >= 11 is 0. The summed E-state index contributed by atoms with van der Waals surface area (Å²) in [6.45, 7) is 2.15. The lowest BCUT2D eigenvalue weighted by Crippen LogP contribution is -2.11. The van der Waals surface area contributed by atoms with Crippen molar-refractivity contribution >= 4 is 5.69 Å². The Labute approximate surface area is 104 Å². The lowest BCUT2D eigenvalue weighted by molar-refractivity contribution is 1.08. The second kappa shape index (κ2) is 5.05. The van der Waals surface area contributed by atoms with Gasteiger partial charge >= 0.3 is 0 Å². The number of aryl methyl sites for hydroxylation is 1. The molecule has 1 heteroatoms. The van der Waals surface area contributed by atoms with E-state index in [2.05, 4.69) is 74.4 Å². The predicted octanol–water partition coefficient (Wildman–Crippen LogP) is 3.65. The molecule has 0 aliphatic carbocycles. The highest BCUT2D eigenvalue weighted by atomic mass is 15.1. The van der Waals surface area contributed by atoms with Gasteiger partial charge in [-0.1, -0.05) is 48.0 Å². The normalized spacial score (nSPS) is 10.3. The third-order valence-corrected chi connectivity index (χ3v) is 2.95. The Hall–Kier alpha value is -1.76. The first kappa shape index (κ1) is 11.7. The van der Waals surface area contributed by atoms with Crippen LogP contribution in [-0.2, 0) is 6.42 Å². The molecule has 0 unspecified atom stereocenters. The summed E-state index contributed by atoms with van der Waals surface area (Å²) in [6.07, 6.45) is 0.996. The summed E-state index contributed by atoms with van der Waals surface area (Å²) in [6, 6.07) is 17.3. The fraction of sp³-hybridized carbons (Fsp3) is 0.250. The zero-order valence-electron chi connectivity index (χ0n) is 10.8. The molecule has 88 valence electrons. The molecular weight excluding hydrogens is 206 g/mol. The van der Waals surface area contributed by atoms with Crippen LogP contribution in [0.3, 0.4) is 0 Å². The van der Waals surface area contributed by atoms with Gasteiger partial charge < -0.3 is 4.90 Å². The van der Waals surface area contributed by atoms with E-state index in [0.29, 0.717) is 0 Å². The first-order chi connectivity index (χ1) is 8.16. The highest BCUT2D eigenvalue weighted by Crippen LogP contribution is 2.22. The van der Waals surface area contributed by atoms with Gasteiger partial charge in [0.2, 0.25) is 0 Å². The van der Waals surface area contributed by atoms with Crippen molar-refractivity contribution < 1.29 is 0 Å². The highest BCUT2D eigenvalue weighted by molar-refractivity contribution is 5.55. The van der Waals surface area contributed by atoms with Gasteiger partial charge in [-0.05, 0) is 30.5 Å². The second-order valence-corrected chi connectivity index (χ2v) is 4.69. The molecule has 0 bridgehead atoms. The standard InChI is InChI=1S/C16H19N/c1-13-9-10-16(17(2)3)15(11-13)12-14-7-5-4-6-8-14/h4-11H,12H2,1-3H3. The molecule has 2 rings (SSSR count). The Bertz CT molecular complexity index is 486. The molecule has 0 spiro atoms. The summed E-state index contributed by atoms with van der Waals surface area (Å²) in [4.78, 5) is 2.18. The molecule has 0 aromatic heterocycles. The van der Waals surface area contributed by atoms with Crippen LogP contribution in [0.1, 0.15) is 16.7 Å². The SMILES string of the molecule is Cc1ccc(N(C)C)c(Cc2ccccc2)c1. The molecule has 0 fully saturated rings. The molecule has 0 N–H and O–H groups in total. The Morgan fingerprint density at radius 2 is 1.65 bits per heavy atom. The zero-order valence-corrected chi connectivity index (χ0v) is 10.8. The van der Waals surface area contributed by atoms with Crippen LogP contribution in [0.15, 0.2) is 48.5 Å². The van der Waals surface area contributed by atoms with Crippen molar-refractivity contribution in [3.05, 3.63) is 65.2 Å². The number of hydrogen-bond acceptors (Lipinski definition) is 1. The largest absolute Gasteiger partial charge is 0.377 e. The van der Waals surface area contributed by atoms with Crippen molar-refractivity contribution in [1.82, 2.24) is 0 Å². The van der Waals surface area contributed by atoms with Gasteiger partial charge in [-0.2, -0.15) is 0 Å². The highest BCUT2D eigenvalue weighted by Gasteiger charge is 2.05. The van der Waals surface area contributed by atoms with E-state index < -0.39 is 0 Å². The molecule has 1 nitrogen and oxygen atoms in total. The Balaban J connectivity index is 2.34. The van der Waals surface area contributed by atoms with Gasteiger partial charge in [0, 0.05) is 19.8 Å². The van der Waals surface area contributed by atoms with Crippen LogP contribution in [-0.4, -0.2) is 14.1 Å². The maximum Gasteiger partial charge on any atom is 0.0397 e. The van der Waals surface area contributed by atoms with Crippen LogP contribution in [0.5, 0.6) is 0 Å². The topological polar surface area (TPSA) is 3.24 Å². The third-order valence-electron chi connectivity index (χ3n) is 2.95. The van der Waals surface area contributed by atoms with Crippen LogP contribution in [0.2, 0.25) is 0 Å². The van der Waals surface area contributed by atoms with E-state index in [1.165, 1.54) is 22.4 Å². The van der Waals surface area contributed by atoms with E-state index in [0.717, 1.165) is 6.42 Å². The number of rotatable bonds is 3. The lowest BCUT2D eigenvalue weighted by Gasteiger charge is -2.18. The minimum absolute atomic E-state index is 0.996. The summed E-state index contributed by atoms with van der Waals surface area (Å²) in [5.41, 5.74) is 5.38. The molecule has 0 aliphatic rings. The van der Waals surface area contributed by atoms with Crippen molar-refractivity contribution in [2.24, 2.45) is 0 Å². The van der Waals surface area contributed by atoms with Crippen LogP contribution >= 0.6 is 0 Å². The van der Waals surface area contributed by atoms with Gasteiger partial charge in [-0.3, -0.25) is 0 Å². The summed E-state index contributed by atoms with van der Waals surface area (Å²) in [5.74, 6) is 0. The minimum atomic E-state index is 0.996. The van der Waals surface area contributed by atoms with Gasteiger partial charge in [-0.25, -0.2) is 0 Å². The molecular formula is C16H19N. The van der Waals surface area contributed by atoms with E-state index in [9.17, 15) is 0 Å². The van der Waals surface area contributed by atoms with Crippen LogP contribution < -0.4 is 4.90 Å². The van der Waals surface area contributed by atoms with Gasteiger partial charge in [0.25, 0.3) is 0 Å². The molecule has 0 saturated heterocycles. The number of hydrogen-bond donors (Lipinski definition) is 0. The number of nitrogens with zero attached hydrogens (tertiary/aromatic N) is 1. The van der Waals surface area contributed by atoms with E-state index in [1.807, 2.05) is 0 Å². The molecule has 2 aromatic carbocycles. The van der Waals surface area contributed by atoms with E-state index in [4.69, 9.17) is 0 Å². The van der Waals surface area contributed by atoms with Gasteiger partial charge in [0.15, 0.2) is 0 Å². The van der Waals surface area contributed by atoms with Crippen LogP contribution in [0.25, 0.3) is 0 Å². The molecule has 0 saturated carbocycles. The molecule has 0 heterocycles. The minimum Gasteiger partial charge on any atom is -0.377 e. The van der Waals surface area contributed by atoms with Gasteiger partial charge in [0.05, 0.1) is 0 Å². The fourth-order valence-corrected chi connectivity index (χ4v) is 2.11. The quantitative estimate of drug-likeness (QED) is 0.770. The smallest absolute Gasteiger partial charge is 0.0397 e. The number of anilines is 1. The third kappa shape index (κ3) is 2.88. The zero-order chi connectivity index (χ0) is 12.3. The average Bonchev–Trinajstić information content (AvgIpc) is 2.30. The molecule has 2 aromatic rings. The van der Waals surface area contributed by atoms with Crippen LogP contribution in [0, 0.1) is 6.92 Å². The first-order valence-electron chi connectivity index (χ1n) is 5.97. The molecule has 0 atom stereocenters. The van der Waals surface area contributed by atoms with Gasteiger partial charge in [-0.15, -0.1) is 0 Å². The fourth-order valence-electron chi connectivity index (χ4n) is 2.11. The van der Waals surface area contributed by atoms with Crippen molar-refractivity contribution in [2.45, 2.75) is 13.3 Å². The summed E-state index contributed by atoms with van der Waals surface area (Å²) < 4.78 is 0. The maximum absolute atomic E-state index is 2.28. The Morgan fingerprint density at radius 3 is 2.29 bits per heavy atom. The van der Waals surface area contributed by atoms with Crippen molar-refractivity contribution in [2.75, 3.05) is 19.0 Å². The van der Waals surface area contributed by atoms with Crippen molar-refractivity contribution in [1.29, 1.82) is 0 Å². The summed E-state index contributed by atoms with van der Waals surface area (Å²) in [5, 5.41) is 0. The molecule has 17 heavy (non-hydrogen) atoms. The first-order valence-corrected chi connectivity index (χ1v) is 5.97. The molecule has 0 radical (unpaired) electrons. The maximum atomic E-state index is 2.28. The number of benzene rings is 2. The summed E-state index contributed by atoms with van der Waals surface area (Å²) in [7, 11) is 4.19. The van der Waals surface area contributed by atoms with E-state index in [1.54, 1.807) is 0 Å². The van der Waals surface area contributed by atoms with Crippen LogP contribution in [0.4, 0.5) is 5.69 Å². The second-order valence-electron chi connectivity index (χ2n) is 4.69. The van der Waals surface area contributed by atoms with Crippen molar-refractivity contribution in [3.8, 4) is 0 Å². The Morgan fingerprint density at radius 1 is 0.941 bits per heavy atom. The average molecular weight is 225 g/mol. The predicted molar refractivity (Wildman–Crippen MR) is 74.8 cm³/mol. The Kier molecular flexibility index (Phi) is 3.48. The molecule has 0 amide bonds. The van der Waals surface area contributed by atoms with E-state index in [-0.39, 0.29) is 0 Å².